The third-order valence-electron chi connectivity index (χ3n) is 7.99. The van der Waals surface area contributed by atoms with Crippen LogP contribution >= 0.6 is 12.2 Å². The van der Waals surface area contributed by atoms with E-state index in [0.717, 1.165) is 30.9 Å². The molecule has 0 unspecified atom stereocenters. The van der Waals surface area contributed by atoms with Gasteiger partial charge in [0.25, 0.3) is 0 Å². The number of aromatic nitrogens is 1. The fourth-order valence-corrected chi connectivity index (χ4v) is 6.94. The van der Waals surface area contributed by atoms with Crippen molar-refractivity contribution in [3.8, 4) is 0 Å². The topological polar surface area (TPSA) is 60.8 Å². The van der Waals surface area contributed by atoms with Gasteiger partial charge in [0.05, 0.1) is 25.2 Å². The van der Waals surface area contributed by atoms with Gasteiger partial charge in [-0.25, -0.2) is 0 Å². The number of thiocarbonyl (C=S) groups is 1. The van der Waals surface area contributed by atoms with Crippen LogP contribution in [0.5, 0.6) is 0 Å². The van der Waals surface area contributed by atoms with Crippen LogP contribution in [-0.4, -0.2) is 47.2 Å². The van der Waals surface area contributed by atoms with Crippen molar-refractivity contribution in [3.63, 3.8) is 0 Å². The zero-order valence-corrected chi connectivity index (χ0v) is 21.8. The Morgan fingerprint density at radius 3 is 2.36 bits per heavy atom. The van der Waals surface area contributed by atoms with Gasteiger partial charge in [-0.2, -0.15) is 0 Å². The van der Waals surface area contributed by atoms with E-state index in [0.29, 0.717) is 6.42 Å². The maximum atomic E-state index is 12.8. The van der Waals surface area contributed by atoms with Crippen molar-refractivity contribution < 1.29 is 19.1 Å². The molecule has 188 valence electrons. The molecule has 3 heterocycles. The van der Waals surface area contributed by atoms with Crippen LogP contribution in [0.25, 0.3) is 10.9 Å². The van der Waals surface area contributed by atoms with E-state index in [1.807, 2.05) is 6.07 Å². The van der Waals surface area contributed by atoms with Crippen molar-refractivity contribution in [1.29, 1.82) is 0 Å². The highest BCUT2D eigenvalue weighted by molar-refractivity contribution is 7.80. The van der Waals surface area contributed by atoms with Crippen molar-refractivity contribution >= 4 is 40.0 Å². The minimum Gasteiger partial charge on any atom is -0.468 e. The third-order valence-corrected chi connectivity index (χ3v) is 8.53. The Kier molecular flexibility index (Phi) is 6.84. The summed E-state index contributed by atoms with van der Waals surface area (Å²) in [5, 5.41) is 1.26. The van der Waals surface area contributed by atoms with Crippen LogP contribution in [0.1, 0.15) is 42.6 Å². The molecule has 1 aromatic heterocycles. The monoisotopic (exact) mass is 504 g/mol. The van der Waals surface area contributed by atoms with Crippen molar-refractivity contribution in [2.45, 2.75) is 38.8 Å². The first kappa shape index (κ1) is 24.5. The Morgan fingerprint density at radius 2 is 1.69 bits per heavy atom. The van der Waals surface area contributed by atoms with Gasteiger partial charge in [0, 0.05) is 35.6 Å². The van der Waals surface area contributed by atoms with Gasteiger partial charge in [0.2, 0.25) is 0 Å². The second-order valence-corrected chi connectivity index (χ2v) is 10.1. The second-order valence-electron chi connectivity index (χ2n) is 9.69. The van der Waals surface area contributed by atoms with Crippen molar-refractivity contribution in [1.82, 2.24) is 9.47 Å². The van der Waals surface area contributed by atoms with Gasteiger partial charge in [-0.15, -0.1) is 0 Å². The number of benzene rings is 2. The molecule has 1 fully saturated rings. The van der Waals surface area contributed by atoms with E-state index >= 15 is 0 Å². The first-order chi connectivity index (χ1) is 17.5. The Balaban J connectivity index is 1.65. The Morgan fingerprint density at radius 1 is 1.03 bits per heavy atom. The lowest BCUT2D eigenvalue weighted by Gasteiger charge is -2.49. The highest BCUT2D eigenvalue weighted by atomic mass is 32.1. The normalized spacial score (nSPS) is 21.3. The fraction of sp³-hybridized carbons (Fsp3) is 0.414. The van der Waals surface area contributed by atoms with Crippen molar-refractivity contribution in [2.24, 2.45) is 17.8 Å². The molecule has 0 saturated carbocycles. The number of ether oxygens (including phenoxy) is 2. The molecule has 3 aromatic rings. The minimum absolute atomic E-state index is 0.0259. The number of carbonyl (C=O) groups is 2. The van der Waals surface area contributed by atoms with Gasteiger partial charge in [-0.1, -0.05) is 67.7 Å². The summed E-state index contributed by atoms with van der Waals surface area (Å²) >= 11 is 6.06. The molecular weight excluding hydrogens is 472 g/mol. The van der Waals surface area contributed by atoms with E-state index in [1.54, 1.807) is 0 Å². The molecule has 5 rings (SSSR count). The number of hydrogen-bond acceptors (Lipinski definition) is 5. The molecular formula is C29H32N2O4S. The maximum absolute atomic E-state index is 12.8. The molecule has 0 spiro atoms. The van der Waals surface area contributed by atoms with Gasteiger partial charge in [-0.3, -0.25) is 9.59 Å². The van der Waals surface area contributed by atoms with E-state index in [-0.39, 0.29) is 17.9 Å². The van der Waals surface area contributed by atoms with Gasteiger partial charge < -0.3 is 18.9 Å². The number of rotatable bonds is 6. The molecule has 2 aromatic carbocycles. The molecule has 0 radical (unpaired) electrons. The molecule has 1 saturated heterocycles. The lowest BCUT2D eigenvalue weighted by Crippen LogP contribution is -2.53. The lowest BCUT2D eigenvalue weighted by atomic mass is 9.71. The fourth-order valence-electron chi connectivity index (χ4n) is 6.38. The summed E-state index contributed by atoms with van der Waals surface area (Å²) in [6.07, 6.45) is 2.29. The van der Waals surface area contributed by atoms with Gasteiger partial charge >= 0.3 is 11.9 Å². The summed E-state index contributed by atoms with van der Waals surface area (Å²) in [5.41, 5.74) is 5.00. The smallest absolute Gasteiger partial charge is 0.320 e. The van der Waals surface area contributed by atoms with Crippen LogP contribution < -0.4 is 0 Å². The van der Waals surface area contributed by atoms with Gasteiger partial charge in [-0.05, 0) is 42.4 Å². The SMILES string of the molecule is CC[C@H]1C(=S)N2CCc3c(n(Cc4ccccc4)c4ccccc34)[C@H]2C[C@H]1C(C(=O)OC)C(=O)OC. The number of fused-ring (bicyclic) bond motifs is 5. The molecule has 7 heteroatoms. The molecule has 2 aliphatic heterocycles. The van der Waals surface area contributed by atoms with E-state index in [4.69, 9.17) is 21.7 Å². The minimum atomic E-state index is -0.998. The molecule has 0 aliphatic carbocycles. The molecule has 36 heavy (non-hydrogen) atoms. The summed E-state index contributed by atoms with van der Waals surface area (Å²) in [5.74, 6) is -2.47. The maximum Gasteiger partial charge on any atom is 0.320 e. The molecule has 0 amide bonds. The number of para-hydroxylation sites is 1. The average molecular weight is 505 g/mol. The highest BCUT2D eigenvalue weighted by Crippen LogP contribution is 2.48. The molecule has 6 nitrogen and oxygen atoms in total. The lowest BCUT2D eigenvalue weighted by molar-refractivity contribution is -0.163. The quantitative estimate of drug-likeness (QED) is 0.270. The number of piperidine rings is 1. The number of hydrogen-bond donors (Lipinski definition) is 0. The first-order valence-electron chi connectivity index (χ1n) is 12.6. The molecule has 0 N–H and O–H groups in total. The third kappa shape index (κ3) is 3.99. The van der Waals surface area contributed by atoms with Crippen LogP contribution in [0.2, 0.25) is 0 Å². The summed E-state index contributed by atoms with van der Waals surface area (Å²) in [6, 6.07) is 19.0. The standard InChI is InChI=1S/C29H32N2O4S/c1-4-19-22(25(28(32)34-2)29(33)35-3)16-24-26-21(14-15-30(24)27(19)36)20-12-8-9-13-23(20)31(26)17-18-10-6-5-7-11-18/h5-13,19,22,24-25H,4,14-17H2,1-3H3/t19-,22-,24-/m1/s1. The predicted octanol–water partition coefficient (Wildman–Crippen LogP) is 4.92. The zero-order valence-electron chi connectivity index (χ0n) is 21.0. The van der Waals surface area contributed by atoms with E-state index < -0.39 is 17.9 Å². The van der Waals surface area contributed by atoms with Crippen LogP contribution in [0.4, 0.5) is 0 Å². The highest BCUT2D eigenvalue weighted by Gasteiger charge is 2.50. The number of carbonyl (C=O) groups excluding carboxylic acids is 2. The number of methoxy groups -OCH3 is 2. The van der Waals surface area contributed by atoms with E-state index in [1.165, 1.54) is 41.9 Å². The van der Waals surface area contributed by atoms with Crippen molar-refractivity contribution in [2.75, 3.05) is 20.8 Å². The molecule has 0 bridgehead atoms. The Bertz CT molecular complexity index is 1290. The van der Waals surface area contributed by atoms with Gasteiger partial charge in [0.15, 0.2) is 5.92 Å². The van der Waals surface area contributed by atoms with Crippen molar-refractivity contribution in [3.05, 3.63) is 71.4 Å². The summed E-state index contributed by atoms with van der Waals surface area (Å²) in [4.78, 5) is 28.9. The summed E-state index contributed by atoms with van der Waals surface area (Å²) < 4.78 is 12.6. The van der Waals surface area contributed by atoms with Crippen LogP contribution in [-0.2, 0) is 32.0 Å². The Labute approximate surface area is 217 Å². The van der Waals surface area contributed by atoms with Gasteiger partial charge in [0.1, 0.15) is 0 Å². The molecule has 3 atom stereocenters. The second kappa shape index (κ2) is 10.1. The van der Waals surface area contributed by atoms with E-state index in [2.05, 4.69) is 64.9 Å². The van der Waals surface area contributed by atoms with E-state index in [9.17, 15) is 9.59 Å². The van der Waals surface area contributed by atoms with Crippen LogP contribution in [0.3, 0.4) is 0 Å². The largest absolute Gasteiger partial charge is 0.468 e. The first-order valence-corrected chi connectivity index (χ1v) is 13.0. The summed E-state index contributed by atoms with van der Waals surface area (Å²) in [6.45, 7) is 3.64. The predicted molar refractivity (Wildman–Crippen MR) is 143 cm³/mol. The summed E-state index contributed by atoms with van der Waals surface area (Å²) in [7, 11) is 2.65. The zero-order chi connectivity index (χ0) is 25.4. The number of nitrogens with zero attached hydrogens (tertiary/aromatic N) is 2. The van der Waals surface area contributed by atoms with Crippen LogP contribution in [0.15, 0.2) is 54.6 Å². The molecule has 2 aliphatic rings. The average Bonchev–Trinajstić information content (AvgIpc) is 3.23. The van der Waals surface area contributed by atoms with Crippen LogP contribution in [0, 0.1) is 17.8 Å². The Hall–Kier alpha value is -3.19. The number of esters is 2.